The van der Waals surface area contributed by atoms with E-state index in [0.29, 0.717) is 5.41 Å². The van der Waals surface area contributed by atoms with E-state index in [0.717, 1.165) is 17.5 Å². The lowest BCUT2D eigenvalue weighted by Crippen LogP contribution is -2.55. The van der Waals surface area contributed by atoms with E-state index in [1.807, 2.05) is 12.1 Å². The molecule has 1 nitrogen and oxygen atoms in total. The fourth-order valence-corrected chi connectivity index (χ4v) is 3.62. The van der Waals surface area contributed by atoms with Crippen molar-refractivity contribution in [2.24, 2.45) is 11.3 Å². The third-order valence-corrected chi connectivity index (χ3v) is 5.23. The van der Waals surface area contributed by atoms with E-state index in [1.54, 1.807) is 0 Å². The number of hydrogen-bond donors (Lipinski definition) is 1. The van der Waals surface area contributed by atoms with Gasteiger partial charge < -0.3 is 5.32 Å². The van der Waals surface area contributed by atoms with Crippen molar-refractivity contribution in [3.05, 3.63) is 34.9 Å². The average molecular weight is 308 g/mol. The van der Waals surface area contributed by atoms with Gasteiger partial charge in [0, 0.05) is 22.5 Å². The molecule has 0 bridgehead atoms. The van der Waals surface area contributed by atoms with Gasteiger partial charge in [-0.1, -0.05) is 50.6 Å². The Hall–Kier alpha value is -0.530. The molecule has 0 heterocycles. The van der Waals surface area contributed by atoms with Crippen LogP contribution in [-0.2, 0) is 5.41 Å². The lowest BCUT2D eigenvalue weighted by molar-refractivity contribution is 0.0411. The molecule has 118 valence electrons. The molecule has 2 heteroatoms. The van der Waals surface area contributed by atoms with Crippen molar-refractivity contribution in [3.8, 4) is 0 Å². The van der Waals surface area contributed by atoms with Gasteiger partial charge in [-0.2, -0.15) is 0 Å². The van der Waals surface area contributed by atoms with Gasteiger partial charge in [-0.25, -0.2) is 0 Å². The summed E-state index contributed by atoms with van der Waals surface area (Å²) in [6, 6.07) is 8.38. The molecule has 1 fully saturated rings. The first-order valence-corrected chi connectivity index (χ1v) is 8.41. The summed E-state index contributed by atoms with van der Waals surface area (Å²) in [4.78, 5) is 0. The van der Waals surface area contributed by atoms with Gasteiger partial charge in [-0.3, -0.25) is 0 Å². The Kier molecular flexibility index (Phi) is 4.48. The Morgan fingerprint density at radius 1 is 1.10 bits per heavy atom. The van der Waals surface area contributed by atoms with Gasteiger partial charge in [0.25, 0.3) is 0 Å². The first-order chi connectivity index (χ1) is 9.54. The van der Waals surface area contributed by atoms with Gasteiger partial charge in [0.1, 0.15) is 0 Å². The molecule has 1 saturated carbocycles. The fraction of sp³-hybridized carbons (Fsp3) is 0.684. The molecule has 1 aliphatic rings. The summed E-state index contributed by atoms with van der Waals surface area (Å²) in [6.07, 6.45) is 2.45. The van der Waals surface area contributed by atoms with Crippen molar-refractivity contribution < 1.29 is 0 Å². The van der Waals surface area contributed by atoms with Gasteiger partial charge >= 0.3 is 0 Å². The van der Waals surface area contributed by atoms with Crippen LogP contribution in [0, 0.1) is 11.3 Å². The summed E-state index contributed by atoms with van der Waals surface area (Å²) in [5.41, 5.74) is 2.04. The molecular weight excluding hydrogens is 278 g/mol. The molecule has 0 radical (unpaired) electrons. The Bertz CT molecular complexity index is 482. The quantitative estimate of drug-likeness (QED) is 0.786. The maximum atomic E-state index is 6.51. The summed E-state index contributed by atoms with van der Waals surface area (Å²) in [5.74, 6) is 0.774. The standard InChI is InChI=1S/C19H30ClN/c1-17(2,3)14-11-19(12-14,13-21-18(4,5)6)15-9-7-8-10-16(15)20/h7-10,14,21H,11-13H2,1-6H3. The van der Waals surface area contributed by atoms with Crippen LogP contribution in [0.15, 0.2) is 24.3 Å². The second-order valence-corrected chi connectivity index (χ2v) is 9.24. The van der Waals surface area contributed by atoms with Crippen molar-refractivity contribution >= 4 is 11.6 Å². The van der Waals surface area contributed by atoms with E-state index >= 15 is 0 Å². The SMILES string of the molecule is CC(C)(C)NCC1(c2ccccc2Cl)CC(C(C)(C)C)C1. The summed E-state index contributed by atoms with van der Waals surface area (Å²) in [7, 11) is 0. The van der Waals surface area contributed by atoms with E-state index in [4.69, 9.17) is 11.6 Å². The lowest BCUT2D eigenvalue weighted by atomic mass is 9.52. The maximum absolute atomic E-state index is 6.51. The highest BCUT2D eigenvalue weighted by molar-refractivity contribution is 6.31. The Labute approximate surface area is 135 Å². The van der Waals surface area contributed by atoms with Crippen LogP contribution in [0.2, 0.25) is 5.02 Å². The van der Waals surface area contributed by atoms with E-state index < -0.39 is 0 Å². The minimum absolute atomic E-state index is 0.140. The molecule has 0 spiro atoms. The van der Waals surface area contributed by atoms with Crippen molar-refractivity contribution in [1.82, 2.24) is 5.32 Å². The number of hydrogen-bond acceptors (Lipinski definition) is 1. The average Bonchev–Trinajstić information content (AvgIpc) is 2.26. The zero-order chi connectivity index (χ0) is 15.9. The molecule has 0 atom stereocenters. The molecule has 0 unspecified atom stereocenters. The van der Waals surface area contributed by atoms with Crippen LogP contribution in [0.25, 0.3) is 0 Å². The smallest absolute Gasteiger partial charge is 0.0444 e. The third kappa shape index (κ3) is 3.81. The zero-order valence-corrected chi connectivity index (χ0v) is 15.1. The molecule has 0 aromatic heterocycles. The van der Waals surface area contributed by atoms with Crippen LogP contribution in [-0.4, -0.2) is 12.1 Å². The minimum atomic E-state index is 0.140. The fourth-order valence-electron chi connectivity index (χ4n) is 3.28. The molecular formula is C19H30ClN. The summed E-state index contributed by atoms with van der Waals surface area (Å²) in [6.45, 7) is 14.8. The van der Waals surface area contributed by atoms with E-state index in [1.165, 1.54) is 18.4 Å². The summed E-state index contributed by atoms with van der Waals surface area (Å²) in [5, 5.41) is 4.62. The monoisotopic (exact) mass is 307 g/mol. The van der Waals surface area contributed by atoms with E-state index in [2.05, 4.69) is 59.0 Å². The highest BCUT2D eigenvalue weighted by atomic mass is 35.5. The highest BCUT2D eigenvalue weighted by Crippen LogP contribution is 2.55. The predicted octanol–water partition coefficient (Wildman–Crippen LogP) is 5.42. The van der Waals surface area contributed by atoms with Gasteiger partial charge in [0.2, 0.25) is 0 Å². The van der Waals surface area contributed by atoms with Crippen LogP contribution in [0.5, 0.6) is 0 Å². The van der Waals surface area contributed by atoms with Crippen LogP contribution < -0.4 is 5.32 Å². The van der Waals surface area contributed by atoms with E-state index in [-0.39, 0.29) is 11.0 Å². The number of halogens is 1. The van der Waals surface area contributed by atoms with Crippen LogP contribution >= 0.6 is 11.6 Å². The van der Waals surface area contributed by atoms with Crippen LogP contribution in [0.3, 0.4) is 0 Å². The molecule has 0 amide bonds. The zero-order valence-electron chi connectivity index (χ0n) is 14.4. The minimum Gasteiger partial charge on any atom is -0.311 e. The molecule has 0 saturated heterocycles. The first-order valence-electron chi connectivity index (χ1n) is 8.04. The molecule has 0 aliphatic heterocycles. The van der Waals surface area contributed by atoms with Crippen molar-refractivity contribution in [1.29, 1.82) is 0 Å². The normalized spacial score (nSPS) is 26.5. The third-order valence-electron chi connectivity index (χ3n) is 4.90. The molecule has 1 aromatic rings. The summed E-state index contributed by atoms with van der Waals surface area (Å²) < 4.78 is 0. The van der Waals surface area contributed by atoms with Crippen LogP contribution in [0.4, 0.5) is 0 Å². The first kappa shape index (κ1) is 16.8. The van der Waals surface area contributed by atoms with Crippen molar-refractivity contribution in [2.45, 2.75) is 65.3 Å². The molecule has 1 N–H and O–H groups in total. The Balaban J connectivity index is 2.24. The Morgan fingerprint density at radius 3 is 2.14 bits per heavy atom. The topological polar surface area (TPSA) is 12.0 Å². The molecule has 1 aromatic carbocycles. The highest BCUT2D eigenvalue weighted by Gasteiger charge is 2.50. The maximum Gasteiger partial charge on any atom is 0.0444 e. The molecule has 2 rings (SSSR count). The van der Waals surface area contributed by atoms with Gasteiger partial charge in [0.15, 0.2) is 0 Å². The number of nitrogens with one attached hydrogen (secondary N) is 1. The number of benzene rings is 1. The van der Waals surface area contributed by atoms with Gasteiger partial charge in [-0.15, -0.1) is 0 Å². The van der Waals surface area contributed by atoms with Gasteiger partial charge in [-0.05, 0) is 56.6 Å². The summed E-state index contributed by atoms with van der Waals surface area (Å²) >= 11 is 6.51. The Morgan fingerprint density at radius 2 is 1.67 bits per heavy atom. The van der Waals surface area contributed by atoms with Crippen molar-refractivity contribution in [3.63, 3.8) is 0 Å². The largest absolute Gasteiger partial charge is 0.311 e. The molecule has 21 heavy (non-hydrogen) atoms. The second-order valence-electron chi connectivity index (χ2n) is 8.83. The lowest BCUT2D eigenvalue weighted by Gasteiger charge is -2.54. The predicted molar refractivity (Wildman–Crippen MR) is 93.1 cm³/mol. The van der Waals surface area contributed by atoms with Crippen LogP contribution in [0.1, 0.15) is 59.9 Å². The second kappa shape index (κ2) is 5.59. The van der Waals surface area contributed by atoms with E-state index in [9.17, 15) is 0 Å². The number of rotatable bonds is 3. The van der Waals surface area contributed by atoms with Crippen molar-refractivity contribution in [2.75, 3.05) is 6.54 Å². The van der Waals surface area contributed by atoms with Gasteiger partial charge in [0.05, 0.1) is 0 Å². The molecule has 1 aliphatic carbocycles.